The fraction of sp³-hybridized carbons (Fsp3) is 0.571. The van der Waals surface area contributed by atoms with E-state index in [1.807, 2.05) is 13.1 Å². The van der Waals surface area contributed by atoms with Gasteiger partial charge in [-0.15, -0.1) is 0 Å². The predicted molar refractivity (Wildman–Crippen MR) is 82.7 cm³/mol. The Balaban J connectivity index is 2.06. The molecule has 20 heavy (non-hydrogen) atoms. The summed E-state index contributed by atoms with van der Waals surface area (Å²) < 4.78 is 0.612. The van der Waals surface area contributed by atoms with Crippen molar-refractivity contribution in [3.05, 3.63) is 38.3 Å². The molecule has 1 aliphatic rings. The van der Waals surface area contributed by atoms with Crippen LogP contribution in [-0.2, 0) is 6.54 Å². The quantitative estimate of drug-likeness (QED) is 0.660. The van der Waals surface area contributed by atoms with E-state index in [0.717, 1.165) is 31.7 Å². The number of halogens is 1. The van der Waals surface area contributed by atoms with Gasteiger partial charge in [-0.25, -0.2) is 0 Å². The predicted octanol–water partition coefficient (Wildman–Crippen LogP) is 2.79. The van der Waals surface area contributed by atoms with Crippen LogP contribution in [0, 0.1) is 16.0 Å². The van der Waals surface area contributed by atoms with Gasteiger partial charge in [-0.05, 0) is 60.4 Å². The van der Waals surface area contributed by atoms with Crippen LogP contribution in [0.15, 0.2) is 22.7 Å². The molecule has 1 aromatic carbocycles. The van der Waals surface area contributed by atoms with Crippen molar-refractivity contribution in [2.75, 3.05) is 26.7 Å². The summed E-state index contributed by atoms with van der Waals surface area (Å²) in [5.74, 6) is 0.672. The first-order valence-corrected chi connectivity index (χ1v) is 7.70. The maximum absolute atomic E-state index is 11.0. The molecule has 1 fully saturated rings. The minimum atomic E-state index is -0.340. The highest BCUT2D eigenvalue weighted by Crippen LogP contribution is 2.30. The van der Waals surface area contributed by atoms with Crippen molar-refractivity contribution in [2.24, 2.45) is 5.92 Å². The standard InChI is InChI=1S/C14H20BrN3O2/c1-16-8-11-4-3-7-17(9-11)10-12-5-2-6-13(14(12)15)18(19)20/h2,5-6,11,16H,3-4,7-10H2,1H3. The number of nitrogens with zero attached hydrogens (tertiary/aromatic N) is 2. The largest absolute Gasteiger partial charge is 0.319 e. The van der Waals surface area contributed by atoms with Crippen molar-refractivity contribution in [3.8, 4) is 0 Å². The molecule has 110 valence electrons. The number of hydrogen-bond acceptors (Lipinski definition) is 4. The molecule has 1 aliphatic heterocycles. The number of likely N-dealkylation sites (tertiary alicyclic amines) is 1. The van der Waals surface area contributed by atoms with Crippen molar-refractivity contribution in [1.82, 2.24) is 10.2 Å². The van der Waals surface area contributed by atoms with Crippen molar-refractivity contribution in [3.63, 3.8) is 0 Å². The average molecular weight is 342 g/mol. The van der Waals surface area contributed by atoms with Gasteiger partial charge in [-0.1, -0.05) is 12.1 Å². The molecular formula is C14H20BrN3O2. The van der Waals surface area contributed by atoms with Gasteiger partial charge in [0.1, 0.15) is 0 Å². The third-order valence-corrected chi connectivity index (χ3v) is 4.66. The van der Waals surface area contributed by atoms with Crippen molar-refractivity contribution in [2.45, 2.75) is 19.4 Å². The van der Waals surface area contributed by atoms with E-state index in [0.29, 0.717) is 10.4 Å². The summed E-state index contributed by atoms with van der Waals surface area (Å²) in [6.07, 6.45) is 2.45. The minimum Gasteiger partial charge on any atom is -0.319 e. The molecule has 0 radical (unpaired) electrons. The summed E-state index contributed by atoms with van der Waals surface area (Å²) in [5.41, 5.74) is 1.13. The van der Waals surface area contributed by atoms with Crippen molar-refractivity contribution >= 4 is 21.6 Å². The number of hydrogen-bond donors (Lipinski definition) is 1. The summed E-state index contributed by atoms with van der Waals surface area (Å²) in [4.78, 5) is 13.0. The number of piperidine rings is 1. The van der Waals surface area contributed by atoms with Gasteiger partial charge in [0.15, 0.2) is 0 Å². The number of nitrogens with one attached hydrogen (secondary N) is 1. The van der Waals surface area contributed by atoms with E-state index in [1.165, 1.54) is 18.9 Å². The van der Waals surface area contributed by atoms with E-state index >= 15 is 0 Å². The fourth-order valence-electron chi connectivity index (χ4n) is 2.82. The van der Waals surface area contributed by atoms with E-state index in [1.54, 1.807) is 6.07 Å². The van der Waals surface area contributed by atoms with Gasteiger partial charge in [-0.3, -0.25) is 15.0 Å². The average Bonchev–Trinajstić information content (AvgIpc) is 2.42. The first kappa shape index (κ1) is 15.4. The highest BCUT2D eigenvalue weighted by atomic mass is 79.9. The molecule has 1 saturated heterocycles. The zero-order chi connectivity index (χ0) is 14.5. The first-order valence-electron chi connectivity index (χ1n) is 6.90. The second-order valence-corrected chi connectivity index (χ2v) is 6.10. The van der Waals surface area contributed by atoms with Crippen LogP contribution >= 0.6 is 15.9 Å². The molecule has 1 heterocycles. The van der Waals surface area contributed by atoms with Crippen molar-refractivity contribution in [1.29, 1.82) is 0 Å². The Morgan fingerprint density at radius 1 is 1.55 bits per heavy atom. The minimum absolute atomic E-state index is 0.145. The van der Waals surface area contributed by atoms with E-state index in [-0.39, 0.29) is 10.6 Å². The Labute approximate surface area is 127 Å². The molecule has 1 aromatic rings. The SMILES string of the molecule is CNCC1CCCN(Cc2cccc([N+](=O)[O-])c2Br)C1. The van der Waals surface area contributed by atoms with Crippen molar-refractivity contribution < 1.29 is 4.92 Å². The molecule has 0 saturated carbocycles. The first-order chi connectivity index (χ1) is 9.61. The lowest BCUT2D eigenvalue weighted by Crippen LogP contribution is -2.38. The molecule has 2 rings (SSSR count). The molecule has 5 nitrogen and oxygen atoms in total. The second-order valence-electron chi connectivity index (χ2n) is 5.31. The van der Waals surface area contributed by atoms with E-state index in [4.69, 9.17) is 0 Å². The molecule has 0 spiro atoms. The molecule has 1 unspecified atom stereocenters. The number of rotatable bonds is 5. The second kappa shape index (κ2) is 7.15. The Morgan fingerprint density at radius 3 is 3.05 bits per heavy atom. The molecule has 0 bridgehead atoms. The van der Waals surface area contributed by atoms with Crippen LogP contribution in [0.2, 0.25) is 0 Å². The third kappa shape index (κ3) is 3.77. The van der Waals surface area contributed by atoms with Gasteiger partial charge in [-0.2, -0.15) is 0 Å². The smallest absolute Gasteiger partial charge is 0.283 e. The summed E-state index contributed by atoms with van der Waals surface area (Å²) in [7, 11) is 1.98. The van der Waals surface area contributed by atoms with Gasteiger partial charge >= 0.3 is 0 Å². The van der Waals surface area contributed by atoms with Crippen LogP contribution in [-0.4, -0.2) is 36.5 Å². The monoisotopic (exact) mass is 341 g/mol. The lowest BCUT2D eigenvalue weighted by Gasteiger charge is -2.32. The molecule has 1 atom stereocenters. The molecule has 6 heteroatoms. The normalized spacial score (nSPS) is 20.0. The van der Waals surface area contributed by atoms with Gasteiger partial charge < -0.3 is 5.32 Å². The maximum atomic E-state index is 11.0. The maximum Gasteiger partial charge on any atom is 0.283 e. The van der Waals surface area contributed by atoms with Crippen LogP contribution in [0.25, 0.3) is 0 Å². The topological polar surface area (TPSA) is 58.4 Å². The van der Waals surface area contributed by atoms with Crippen LogP contribution in [0.4, 0.5) is 5.69 Å². The Kier molecular flexibility index (Phi) is 5.51. The number of nitro benzene ring substituents is 1. The van der Waals surface area contributed by atoms with Gasteiger partial charge in [0.2, 0.25) is 0 Å². The number of nitro groups is 1. The van der Waals surface area contributed by atoms with Gasteiger partial charge in [0, 0.05) is 19.2 Å². The van der Waals surface area contributed by atoms with E-state index in [2.05, 4.69) is 26.1 Å². The molecule has 0 aromatic heterocycles. The zero-order valence-corrected chi connectivity index (χ0v) is 13.2. The zero-order valence-electron chi connectivity index (χ0n) is 11.6. The summed E-state index contributed by atoms with van der Waals surface area (Å²) in [6, 6.07) is 5.25. The summed E-state index contributed by atoms with van der Waals surface area (Å²) >= 11 is 3.37. The highest BCUT2D eigenvalue weighted by molar-refractivity contribution is 9.10. The van der Waals surface area contributed by atoms with Crippen LogP contribution < -0.4 is 5.32 Å². The van der Waals surface area contributed by atoms with E-state index in [9.17, 15) is 10.1 Å². The summed E-state index contributed by atoms with van der Waals surface area (Å²) in [5, 5.41) is 14.2. The molecule has 1 N–H and O–H groups in total. The number of benzene rings is 1. The Morgan fingerprint density at radius 2 is 2.35 bits per heavy atom. The molecule has 0 aliphatic carbocycles. The Hall–Kier alpha value is -0.980. The van der Waals surface area contributed by atoms with Crippen LogP contribution in [0.3, 0.4) is 0 Å². The van der Waals surface area contributed by atoms with Gasteiger partial charge in [0.25, 0.3) is 5.69 Å². The van der Waals surface area contributed by atoms with Crippen LogP contribution in [0.1, 0.15) is 18.4 Å². The fourth-order valence-corrected chi connectivity index (χ4v) is 3.35. The van der Waals surface area contributed by atoms with E-state index < -0.39 is 0 Å². The summed E-state index contributed by atoms with van der Waals surface area (Å²) in [6.45, 7) is 3.92. The molecular weight excluding hydrogens is 322 g/mol. The molecule has 0 amide bonds. The highest BCUT2D eigenvalue weighted by Gasteiger charge is 2.21. The Bertz CT molecular complexity index is 479. The van der Waals surface area contributed by atoms with Crippen LogP contribution in [0.5, 0.6) is 0 Å². The van der Waals surface area contributed by atoms with Gasteiger partial charge in [0.05, 0.1) is 9.40 Å². The third-order valence-electron chi connectivity index (χ3n) is 3.74. The lowest BCUT2D eigenvalue weighted by atomic mass is 9.97. The lowest BCUT2D eigenvalue weighted by molar-refractivity contribution is -0.385.